The van der Waals surface area contributed by atoms with Gasteiger partial charge in [0, 0.05) is 30.1 Å². The third-order valence-corrected chi connectivity index (χ3v) is 4.84. The van der Waals surface area contributed by atoms with E-state index in [0.717, 1.165) is 27.2 Å². The molecule has 0 atom stereocenters. The highest BCUT2D eigenvalue weighted by molar-refractivity contribution is 7.14. The summed E-state index contributed by atoms with van der Waals surface area (Å²) in [7, 11) is 1.89. The van der Waals surface area contributed by atoms with Crippen molar-refractivity contribution in [1.82, 2.24) is 9.97 Å². The predicted molar refractivity (Wildman–Crippen MR) is 81.1 cm³/mol. The van der Waals surface area contributed by atoms with Crippen molar-refractivity contribution in [3.63, 3.8) is 0 Å². The molecule has 0 aromatic carbocycles. The van der Waals surface area contributed by atoms with Gasteiger partial charge in [0.2, 0.25) is 0 Å². The fourth-order valence-corrected chi connectivity index (χ4v) is 3.57. The maximum atomic E-state index is 5.99. The predicted octanol–water partition coefficient (Wildman–Crippen LogP) is 4.56. The van der Waals surface area contributed by atoms with Crippen molar-refractivity contribution in [3.8, 4) is 10.7 Å². The molecule has 3 rings (SSSR count). The van der Waals surface area contributed by atoms with Crippen molar-refractivity contribution in [2.45, 2.75) is 31.6 Å². The van der Waals surface area contributed by atoms with Crippen molar-refractivity contribution in [2.24, 2.45) is 0 Å². The van der Waals surface area contributed by atoms with Crippen LogP contribution in [-0.4, -0.2) is 17.0 Å². The van der Waals surface area contributed by atoms with E-state index in [9.17, 15) is 0 Å². The Hall–Kier alpha value is -1.13. The van der Waals surface area contributed by atoms with Crippen LogP contribution in [-0.2, 0) is 0 Å². The molecule has 0 spiro atoms. The van der Waals surface area contributed by atoms with Gasteiger partial charge in [-0.15, -0.1) is 11.3 Å². The lowest BCUT2D eigenvalue weighted by atomic mass is 10.0. The van der Waals surface area contributed by atoms with Crippen molar-refractivity contribution in [2.75, 3.05) is 12.4 Å². The van der Waals surface area contributed by atoms with Gasteiger partial charge in [-0.2, -0.15) is 0 Å². The molecule has 0 unspecified atom stereocenters. The summed E-state index contributed by atoms with van der Waals surface area (Å²) in [5.41, 5.74) is 1.16. The molecule has 1 aliphatic carbocycles. The van der Waals surface area contributed by atoms with Crippen LogP contribution in [0.15, 0.2) is 17.5 Å². The Morgan fingerprint density at radius 2 is 2.05 bits per heavy atom. The first-order chi connectivity index (χ1) is 9.26. The molecular formula is C14H16ClN3S. The molecule has 2 aromatic rings. The Morgan fingerprint density at radius 3 is 2.68 bits per heavy atom. The summed E-state index contributed by atoms with van der Waals surface area (Å²) in [6.45, 7) is 0. The van der Waals surface area contributed by atoms with Crippen LogP contribution < -0.4 is 5.32 Å². The molecule has 0 bridgehead atoms. The van der Waals surface area contributed by atoms with E-state index in [1.165, 1.54) is 25.7 Å². The van der Waals surface area contributed by atoms with Gasteiger partial charge in [0.05, 0.1) is 9.90 Å². The third-order valence-electron chi connectivity index (χ3n) is 3.56. The average molecular weight is 294 g/mol. The van der Waals surface area contributed by atoms with Gasteiger partial charge in [0.25, 0.3) is 0 Å². The summed E-state index contributed by atoms with van der Waals surface area (Å²) < 4.78 is 0. The lowest BCUT2D eigenvalue weighted by molar-refractivity contribution is 0.696. The van der Waals surface area contributed by atoms with Crippen LogP contribution in [0, 0.1) is 0 Å². The van der Waals surface area contributed by atoms with Crippen LogP contribution >= 0.6 is 22.9 Å². The minimum Gasteiger partial charge on any atom is -0.373 e. The van der Waals surface area contributed by atoms with E-state index in [4.69, 9.17) is 16.6 Å². The quantitative estimate of drug-likeness (QED) is 0.901. The monoisotopic (exact) mass is 293 g/mol. The molecule has 1 N–H and O–H groups in total. The molecule has 1 saturated carbocycles. The Bertz CT molecular complexity index is 576. The lowest BCUT2D eigenvalue weighted by Gasteiger charge is -2.11. The molecule has 100 valence electrons. The standard InChI is InChI=1S/C14H16ClN3S/c1-16-13-7-11(9-4-2-3-5-9)17-14(18-13)12-6-10(15)8-19-12/h6-9H,2-5H2,1H3,(H,16,17,18). The second-order valence-electron chi connectivity index (χ2n) is 4.86. The summed E-state index contributed by atoms with van der Waals surface area (Å²) >= 11 is 7.58. The number of hydrogen-bond donors (Lipinski definition) is 1. The van der Waals surface area contributed by atoms with Crippen molar-refractivity contribution in [3.05, 3.63) is 28.2 Å². The maximum Gasteiger partial charge on any atom is 0.171 e. The first kappa shape index (κ1) is 12.9. The number of nitrogens with zero attached hydrogens (tertiary/aromatic N) is 2. The largest absolute Gasteiger partial charge is 0.373 e. The summed E-state index contributed by atoms with van der Waals surface area (Å²) in [4.78, 5) is 10.3. The zero-order chi connectivity index (χ0) is 13.2. The highest BCUT2D eigenvalue weighted by Gasteiger charge is 2.20. The molecule has 1 fully saturated rings. The first-order valence-electron chi connectivity index (χ1n) is 6.57. The van der Waals surface area contributed by atoms with Crippen LogP contribution in [0.25, 0.3) is 10.7 Å². The van der Waals surface area contributed by atoms with E-state index < -0.39 is 0 Å². The van der Waals surface area contributed by atoms with E-state index in [-0.39, 0.29) is 0 Å². The Kier molecular flexibility index (Phi) is 3.71. The van der Waals surface area contributed by atoms with E-state index in [0.29, 0.717) is 5.92 Å². The Labute approximate surface area is 122 Å². The second kappa shape index (κ2) is 5.47. The smallest absolute Gasteiger partial charge is 0.171 e. The zero-order valence-electron chi connectivity index (χ0n) is 10.8. The normalized spacial score (nSPS) is 15.9. The van der Waals surface area contributed by atoms with Gasteiger partial charge < -0.3 is 5.32 Å². The van der Waals surface area contributed by atoms with Crippen LogP contribution in [0.4, 0.5) is 5.82 Å². The Morgan fingerprint density at radius 1 is 1.26 bits per heavy atom. The van der Waals surface area contributed by atoms with Crippen molar-refractivity contribution < 1.29 is 0 Å². The fraction of sp³-hybridized carbons (Fsp3) is 0.429. The minimum atomic E-state index is 0.587. The highest BCUT2D eigenvalue weighted by Crippen LogP contribution is 2.35. The number of aromatic nitrogens is 2. The van der Waals surface area contributed by atoms with Gasteiger partial charge in [-0.25, -0.2) is 9.97 Å². The summed E-state index contributed by atoms with van der Waals surface area (Å²) in [6.07, 6.45) is 5.10. The molecule has 1 aliphatic rings. The molecule has 0 radical (unpaired) electrons. The topological polar surface area (TPSA) is 37.8 Å². The molecule has 0 saturated heterocycles. The molecular weight excluding hydrogens is 278 g/mol. The molecule has 0 amide bonds. The summed E-state index contributed by atoms with van der Waals surface area (Å²) in [5, 5.41) is 5.80. The van der Waals surface area contributed by atoms with Crippen molar-refractivity contribution >= 4 is 28.8 Å². The molecule has 2 aromatic heterocycles. The van der Waals surface area contributed by atoms with E-state index in [1.54, 1.807) is 11.3 Å². The number of nitrogens with one attached hydrogen (secondary N) is 1. The highest BCUT2D eigenvalue weighted by atomic mass is 35.5. The number of hydrogen-bond acceptors (Lipinski definition) is 4. The second-order valence-corrected chi connectivity index (χ2v) is 6.21. The average Bonchev–Trinajstić information content (AvgIpc) is 3.09. The number of anilines is 1. The third kappa shape index (κ3) is 2.74. The SMILES string of the molecule is CNc1cc(C2CCCC2)nc(-c2cc(Cl)cs2)n1. The van der Waals surface area contributed by atoms with Crippen molar-refractivity contribution in [1.29, 1.82) is 0 Å². The van der Waals surface area contributed by atoms with Crippen LogP contribution in [0.1, 0.15) is 37.3 Å². The van der Waals surface area contributed by atoms with E-state index in [1.807, 2.05) is 18.5 Å². The fourth-order valence-electron chi connectivity index (χ4n) is 2.57. The van der Waals surface area contributed by atoms with E-state index >= 15 is 0 Å². The zero-order valence-corrected chi connectivity index (χ0v) is 12.4. The van der Waals surface area contributed by atoms with Gasteiger partial charge in [0.15, 0.2) is 5.82 Å². The minimum absolute atomic E-state index is 0.587. The van der Waals surface area contributed by atoms with Gasteiger partial charge in [-0.05, 0) is 18.9 Å². The van der Waals surface area contributed by atoms with Crippen LogP contribution in [0.5, 0.6) is 0 Å². The van der Waals surface area contributed by atoms with Gasteiger partial charge in [0.1, 0.15) is 5.82 Å². The van der Waals surface area contributed by atoms with Gasteiger partial charge in [-0.3, -0.25) is 0 Å². The summed E-state index contributed by atoms with van der Waals surface area (Å²) in [6, 6.07) is 4.01. The number of thiophene rings is 1. The van der Waals surface area contributed by atoms with E-state index in [2.05, 4.69) is 16.4 Å². The lowest BCUT2D eigenvalue weighted by Crippen LogP contribution is -2.03. The van der Waals surface area contributed by atoms with Gasteiger partial charge >= 0.3 is 0 Å². The van der Waals surface area contributed by atoms with Gasteiger partial charge in [-0.1, -0.05) is 24.4 Å². The molecule has 2 heterocycles. The number of rotatable bonds is 3. The van der Waals surface area contributed by atoms with Crippen LogP contribution in [0.2, 0.25) is 5.02 Å². The number of halogens is 1. The van der Waals surface area contributed by atoms with Crippen LogP contribution in [0.3, 0.4) is 0 Å². The molecule has 3 nitrogen and oxygen atoms in total. The Balaban J connectivity index is 2.01. The maximum absolute atomic E-state index is 5.99. The molecule has 5 heteroatoms. The summed E-state index contributed by atoms with van der Waals surface area (Å²) in [5.74, 6) is 2.26. The first-order valence-corrected chi connectivity index (χ1v) is 7.83. The molecule has 19 heavy (non-hydrogen) atoms. The molecule has 0 aliphatic heterocycles.